The van der Waals surface area contributed by atoms with E-state index >= 15 is 0 Å². The lowest BCUT2D eigenvalue weighted by molar-refractivity contribution is 0.370. The van der Waals surface area contributed by atoms with Crippen LogP contribution >= 0.6 is 0 Å². The minimum absolute atomic E-state index is 0.120. The van der Waals surface area contributed by atoms with E-state index in [0.717, 1.165) is 6.07 Å². The lowest BCUT2D eigenvalue weighted by atomic mass is 10.2. The maximum absolute atomic E-state index is 13.3. The lowest BCUT2D eigenvalue weighted by Crippen LogP contribution is -2.16. The zero-order chi connectivity index (χ0) is 12.3. The third-order valence-electron chi connectivity index (χ3n) is 1.83. The van der Waals surface area contributed by atoms with Crippen LogP contribution in [-0.4, -0.2) is 15.2 Å². The van der Waals surface area contributed by atoms with Gasteiger partial charge < -0.3 is 4.74 Å². The first kappa shape index (κ1) is 12.7. The molecular weight excluding hydrogens is 226 g/mol. The summed E-state index contributed by atoms with van der Waals surface area (Å²) in [4.78, 5) is 0. The summed E-state index contributed by atoms with van der Waals surface area (Å²) in [5.41, 5.74) is 3.47. The van der Waals surface area contributed by atoms with Gasteiger partial charge in [-0.1, -0.05) is 25.6 Å². The van der Waals surface area contributed by atoms with Gasteiger partial charge in [-0.3, -0.25) is 0 Å². The first-order valence-corrected chi connectivity index (χ1v) is 8.40. The van der Waals surface area contributed by atoms with Crippen molar-refractivity contribution in [2.24, 2.45) is 0 Å². The van der Waals surface area contributed by atoms with Gasteiger partial charge in [0.1, 0.15) is 8.07 Å². The van der Waals surface area contributed by atoms with Crippen molar-refractivity contribution in [3.63, 3.8) is 0 Å². The van der Waals surface area contributed by atoms with Gasteiger partial charge in [0.25, 0.3) is 0 Å². The lowest BCUT2D eigenvalue weighted by Gasteiger charge is -2.07. The highest BCUT2D eigenvalue weighted by molar-refractivity contribution is 6.83. The van der Waals surface area contributed by atoms with Gasteiger partial charge in [0.2, 0.25) is 5.82 Å². The fourth-order valence-corrected chi connectivity index (χ4v) is 1.59. The number of methoxy groups -OCH3 is 1. The molecule has 1 aromatic rings. The molecule has 0 radical (unpaired) electrons. The number of halogens is 2. The van der Waals surface area contributed by atoms with Gasteiger partial charge in [-0.2, -0.15) is 4.39 Å². The Balaban J connectivity index is 3.24. The summed E-state index contributed by atoms with van der Waals surface area (Å²) >= 11 is 0. The molecule has 0 saturated heterocycles. The molecule has 0 aliphatic rings. The topological polar surface area (TPSA) is 9.23 Å². The van der Waals surface area contributed by atoms with Crippen LogP contribution in [0.2, 0.25) is 19.6 Å². The fraction of sp³-hybridized carbons (Fsp3) is 0.333. The molecule has 1 rings (SSSR count). The molecule has 0 unspecified atom stereocenters. The minimum Gasteiger partial charge on any atom is -0.492 e. The average molecular weight is 240 g/mol. The van der Waals surface area contributed by atoms with Crippen LogP contribution in [-0.2, 0) is 0 Å². The highest BCUT2D eigenvalue weighted by Crippen LogP contribution is 2.24. The Morgan fingerprint density at radius 3 is 2.31 bits per heavy atom. The largest absolute Gasteiger partial charge is 0.492 e. The van der Waals surface area contributed by atoms with Gasteiger partial charge in [-0.15, -0.1) is 5.54 Å². The van der Waals surface area contributed by atoms with Gasteiger partial charge in [-0.25, -0.2) is 4.39 Å². The molecule has 0 atom stereocenters. The molecular formula is C12H14F2OSi. The Morgan fingerprint density at radius 1 is 1.19 bits per heavy atom. The zero-order valence-electron chi connectivity index (χ0n) is 9.82. The molecule has 0 fully saturated rings. The molecule has 16 heavy (non-hydrogen) atoms. The number of benzene rings is 1. The second-order valence-corrected chi connectivity index (χ2v) is 9.19. The fourth-order valence-electron chi connectivity index (χ4n) is 1.08. The third-order valence-corrected chi connectivity index (χ3v) is 2.70. The Hall–Kier alpha value is -1.34. The number of ether oxygens (including phenoxy) is 1. The van der Waals surface area contributed by atoms with Crippen molar-refractivity contribution in [3.8, 4) is 17.2 Å². The van der Waals surface area contributed by atoms with E-state index in [0.29, 0.717) is 5.56 Å². The van der Waals surface area contributed by atoms with Crippen molar-refractivity contribution in [1.82, 2.24) is 0 Å². The van der Waals surface area contributed by atoms with Crippen LogP contribution in [0.1, 0.15) is 5.56 Å². The SMILES string of the molecule is COc1c(C#C[Si](C)(C)C)ccc(F)c1F. The normalized spacial score (nSPS) is 10.6. The summed E-state index contributed by atoms with van der Waals surface area (Å²) in [5, 5.41) is 0. The Kier molecular flexibility index (Phi) is 3.71. The molecule has 86 valence electrons. The summed E-state index contributed by atoms with van der Waals surface area (Å²) < 4.78 is 31.1. The van der Waals surface area contributed by atoms with Crippen molar-refractivity contribution in [3.05, 3.63) is 29.3 Å². The third kappa shape index (κ3) is 3.07. The second kappa shape index (κ2) is 4.66. The van der Waals surface area contributed by atoms with Gasteiger partial charge in [0.15, 0.2) is 11.6 Å². The van der Waals surface area contributed by atoms with E-state index < -0.39 is 19.7 Å². The van der Waals surface area contributed by atoms with Crippen LogP contribution in [0.3, 0.4) is 0 Å². The molecule has 0 bridgehead atoms. The molecule has 0 N–H and O–H groups in total. The monoisotopic (exact) mass is 240 g/mol. The molecule has 1 nitrogen and oxygen atoms in total. The van der Waals surface area contributed by atoms with Crippen LogP contribution in [0.4, 0.5) is 8.78 Å². The summed E-state index contributed by atoms with van der Waals surface area (Å²) in [6.45, 7) is 6.23. The van der Waals surface area contributed by atoms with Gasteiger partial charge in [-0.05, 0) is 12.1 Å². The van der Waals surface area contributed by atoms with Gasteiger partial charge >= 0.3 is 0 Å². The second-order valence-electron chi connectivity index (χ2n) is 4.44. The molecule has 0 aliphatic heterocycles. The molecule has 0 spiro atoms. The molecule has 0 amide bonds. The predicted octanol–water partition coefficient (Wildman–Crippen LogP) is 3.20. The van der Waals surface area contributed by atoms with Crippen molar-refractivity contribution in [1.29, 1.82) is 0 Å². The maximum atomic E-state index is 13.3. The first-order valence-electron chi connectivity index (χ1n) is 4.90. The molecule has 0 aromatic heterocycles. The van der Waals surface area contributed by atoms with E-state index in [-0.39, 0.29) is 5.75 Å². The summed E-state index contributed by atoms with van der Waals surface area (Å²) in [6, 6.07) is 2.50. The number of hydrogen-bond acceptors (Lipinski definition) is 1. The summed E-state index contributed by atoms with van der Waals surface area (Å²) in [5.74, 6) is 0.830. The smallest absolute Gasteiger partial charge is 0.201 e. The standard InChI is InChI=1S/C12H14F2OSi/c1-15-12-9(7-8-16(2,3)4)5-6-10(13)11(12)14/h5-6H,1-4H3. The highest BCUT2D eigenvalue weighted by Gasteiger charge is 2.13. The van der Waals surface area contributed by atoms with Crippen molar-refractivity contribution in [2.75, 3.05) is 7.11 Å². The van der Waals surface area contributed by atoms with E-state index in [4.69, 9.17) is 4.74 Å². The van der Waals surface area contributed by atoms with Crippen molar-refractivity contribution < 1.29 is 13.5 Å². The highest BCUT2D eigenvalue weighted by atomic mass is 28.3. The number of rotatable bonds is 1. The Bertz CT molecular complexity index is 453. The van der Waals surface area contributed by atoms with Gasteiger partial charge in [0, 0.05) is 0 Å². The quantitative estimate of drug-likeness (QED) is 0.541. The van der Waals surface area contributed by atoms with E-state index in [1.54, 1.807) is 0 Å². The van der Waals surface area contributed by atoms with Gasteiger partial charge in [0.05, 0.1) is 12.7 Å². The van der Waals surface area contributed by atoms with Crippen molar-refractivity contribution >= 4 is 8.07 Å². The summed E-state index contributed by atoms with van der Waals surface area (Å²) in [7, 11) is -0.236. The van der Waals surface area contributed by atoms with E-state index in [1.165, 1.54) is 13.2 Å². The Labute approximate surface area is 95.4 Å². The predicted molar refractivity (Wildman–Crippen MR) is 63.1 cm³/mol. The molecule has 0 aliphatic carbocycles. The zero-order valence-corrected chi connectivity index (χ0v) is 10.8. The van der Waals surface area contributed by atoms with Crippen LogP contribution in [0.25, 0.3) is 0 Å². The van der Waals surface area contributed by atoms with Crippen molar-refractivity contribution in [2.45, 2.75) is 19.6 Å². The molecule has 0 saturated carbocycles. The van der Waals surface area contributed by atoms with E-state index in [9.17, 15) is 8.78 Å². The van der Waals surface area contributed by atoms with Crippen LogP contribution < -0.4 is 4.74 Å². The summed E-state index contributed by atoms with van der Waals surface area (Å²) in [6.07, 6.45) is 0. The van der Waals surface area contributed by atoms with Crippen LogP contribution in [0.15, 0.2) is 12.1 Å². The minimum atomic E-state index is -1.54. The molecule has 4 heteroatoms. The van der Waals surface area contributed by atoms with E-state index in [2.05, 4.69) is 31.1 Å². The average Bonchev–Trinajstić information content (AvgIpc) is 2.18. The van der Waals surface area contributed by atoms with E-state index in [1.807, 2.05) is 0 Å². The maximum Gasteiger partial charge on any atom is 0.201 e. The van der Waals surface area contributed by atoms with Crippen LogP contribution in [0.5, 0.6) is 5.75 Å². The molecule has 0 heterocycles. The van der Waals surface area contributed by atoms with Crippen LogP contribution in [0, 0.1) is 23.1 Å². The first-order chi connectivity index (χ1) is 7.35. The Morgan fingerprint density at radius 2 is 1.81 bits per heavy atom. The molecule has 1 aromatic carbocycles. The number of hydrogen-bond donors (Lipinski definition) is 0.